The van der Waals surface area contributed by atoms with Crippen LogP contribution in [-0.2, 0) is 22.7 Å². The van der Waals surface area contributed by atoms with Gasteiger partial charge < -0.3 is 29.4 Å². The average Bonchev–Trinajstić information content (AvgIpc) is 3.13. The van der Waals surface area contributed by atoms with E-state index < -0.39 is 12.0 Å². The molecule has 2 aromatic rings. The molecule has 7 heteroatoms. The highest BCUT2D eigenvalue weighted by Gasteiger charge is 2.22. The molecule has 2 heterocycles. The molecule has 0 aliphatic rings. The lowest BCUT2D eigenvalue weighted by atomic mass is 10.2. The maximum atomic E-state index is 12.0. The number of quaternary nitrogens is 1. The minimum Gasteiger partial charge on any atom is -0.550 e. The maximum Gasteiger partial charge on any atom is 0.279 e. The molecule has 0 aliphatic heterocycles. The lowest BCUT2D eigenvalue weighted by molar-refractivity contribution is -0.693. The number of carbonyl (C=O) groups excluding carboxylic acids is 2. The quantitative estimate of drug-likeness (QED) is 0.632. The van der Waals surface area contributed by atoms with Gasteiger partial charge in [0, 0.05) is 12.4 Å². The van der Waals surface area contributed by atoms with Gasteiger partial charge in [-0.15, -0.1) is 0 Å². The van der Waals surface area contributed by atoms with Crippen molar-refractivity contribution in [3.05, 3.63) is 48.3 Å². The van der Waals surface area contributed by atoms with Gasteiger partial charge in [0.25, 0.3) is 5.91 Å². The molecular formula is C14H16N2O5. The van der Waals surface area contributed by atoms with Crippen LogP contribution < -0.4 is 15.7 Å². The molecule has 2 rings (SSSR count). The Morgan fingerprint density at radius 2 is 1.86 bits per heavy atom. The number of hydrogen-bond donors (Lipinski definition) is 2. The Morgan fingerprint density at radius 1 is 1.19 bits per heavy atom. The Bertz CT molecular complexity index is 562. The standard InChI is InChI=1S/C14H16N2O5/c17-13(18)7-12(15-8-10-3-1-5-20-10)14(19)16-9-11-4-2-6-21-11/h1-6,12,15H,7-9H2,(H,16,19)(H,17,18)/t12-/m0/s1. The predicted molar refractivity (Wildman–Crippen MR) is 68.3 cm³/mol. The molecular weight excluding hydrogens is 276 g/mol. The van der Waals surface area contributed by atoms with Crippen LogP contribution in [0.2, 0.25) is 0 Å². The van der Waals surface area contributed by atoms with Crippen LogP contribution >= 0.6 is 0 Å². The molecule has 1 amide bonds. The highest BCUT2D eigenvalue weighted by atomic mass is 16.4. The van der Waals surface area contributed by atoms with Crippen LogP contribution in [-0.4, -0.2) is 17.9 Å². The van der Waals surface area contributed by atoms with Crippen LogP contribution in [0.3, 0.4) is 0 Å². The third-order valence-corrected chi connectivity index (χ3v) is 2.92. The highest BCUT2D eigenvalue weighted by molar-refractivity contribution is 5.84. The summed E-state index contributed by atoms with van der Waals surface area (Å²) in [6, 6.07) is 6.14. The molecule has 0 radical (unpaired) electrons. The summed E-state index contributed by atoms with van der Waals surface area (Å²) in [5.74, 6) is -0.398. The SMILES string of the molecule is O=C([O-])C[C@H]([NH2+]Cc1ccco1)C(=O)NCc1ccco1. The number of nitrogens with two attached hydrogens (primary N) is 1. The second kappa shape index (κ2) is 7.30. The van der Waals surface area contributed by atoms with Crippen molar-refractivity contribution < 1.29 is 28.8 Å². The fourth-order valence-corrected chi connectivity index (χ4v) is 1.87. The number of hydrogen-bond acceptors (Lipinski definition) is 5. The molecule has 0 saturated heterocycles. The van der Waals surface area contributed by atoms with Gasteiger partial charge in [0.1, 0.15) is 12.3 Å². The van der Waals surface area contributed by atoms with Crippen LogP contribution in [0.4, 0.5) is 0 Å². The predicted octanol–water partition coefficient (Wildman–Crippen LogP) is -1.24. The Balaban J connectivity index is 1.87. The summed E-state index contributed by atoms with van der Waals surface area (Å²) in [5, 5.41) is 15.0. The molecule has 1 atom stereocenters. The zero-order chi connectivity index (χ0) is 15.1. The Kier molecular flexibility index (Phi) is 5.16. The first kappa shape index (κ1) is 14.9. The number of aliphatic carboxylic acids is 1. The van der Waals surface area contributed by atoms with E-state index in [9.17, 15) is 14.7 Å². The van der Waals surface area contributed by atoms with Crippen LogP contribution in [0.15, 0.2) is 45.6 Å². The molecule has 7 nitrogen and oxygen atoms in total. The van der Waals surface area contributed by atoms with Gasteiger partial charge in [-0.2, -0.15) is 0 Å². The Hall–Kier alpha value is -2.54. The molecule has 0 bridgehead atoms. The third kappa shape index (κ3) is 4.81. The molecule has 0 fully saturated rings. The number of nitrogens with one attached hydrogen (secondary N) is 1. The first-order valence-electron chi connectivity index (χ1n) is 6.51. The van der Waals surface area contributed by atoms with Crippen molar-refractivity contribution in [2.75, 3.05) is 0 Å². The van der Waals surface area contributed by atoms with Crippen LogP contribution in [0.1, 0.15) is 17.9 Å². The van der Waals surface area contributed by atoms with E-state index in [0.29, 0.717) is 18.1 Å². The maximum absolute atomic E-state index is 12.0. The second-order valence-corrected chi connectivity index (χ2v) is 4.50. The monoisotopic (exact) mass is 292 g/mol. The minimum absolute atomic E-state index is 0.212. The molecule has 21 heavy (non-hydrogen) atoms. The van der Waals surface area contributed by atoms with Gasteiger partial charge in [-0.25, -0.2) is 0 Å². The van der Waals surface area contributed by atoms with E-state index in [4.69, 9.17) is 8.83 Å². The van der Waals surface area contributed by atoms with Gasteiger partial charge in [-0.1, -0.05) is 0 Å². The second-order valence-electron chi connectivity index (χ2n) is 4.50. The minimum atomic E-state index is -1.27. The lowest BCUT2D eigenvalue weighted by Crippen LogP contribution is -2.91. The van der Waals surface area contributed by atoms with Crippen molar-refractivity contribution in [3.8, 4) is 0 Å². The Morgan fingerprint density at radius 3 is 2.43 bits per heavy atom. The van der Waals surface area contributed by atoms with Crippen LogP contribution in [0.5, 0.6) is 0 Å². The molecule has 112 valence electrons. The van der Waals surface area contributed by atoms with E-state index in [1.165, 1.54) is 12.5 Å². The van der Waals surface area contributed by atoms with Gasteiger partial charge in [0.05, 0.1) is 19.1 Å². The van der Waals surface area contributed by atoms with Crippen molar-refractivity contribution >= 4 is 11.9 Å². The summed E-state index contributed by atoms with van der Waals surface area (Å²) in [7, 11) is 0. The molecule has 2 aromatic heterocycles. The van der Waals surface area contributed by atoms with Crippen molar-refractivity contribution in [1.29, 1.82) is 0 Å². The number of amides is 1. The number of carbonyl (C=O) groups is 2. The van der Waals surface area contributed by atoms with Crippen LogP contribution in [0.25, 0.3) is 0 Å². The first-order valence-corrected chi connectivity index (χ1v) is 6.51. The van der Waals surface area contributed by atoms with Gasteiger partial charge in [0.2, 0.25) is 0 Å². The van der Waals surface area contributed by atoms with Gasteiger partial charge >= 0.3 is 0 Å². The number of furan rings is 2. The first-order chi connectivity index (χ1) is 10.1. The normalized spacial score (nSPS) is 12.0. The number of carboxylic acids is 1. The highest BCUT2D eigenvalue weighted by Crippen LogP contribution is 1.99. The summed E-state index contributed by atoms with van der Waals surface area (Å²) in [6.07, 6.45) is 2.65. The summed E-state index contributed by atoms with van der Waals surface area (Å²) >= 11 is 0. The number of carboxylic acid groups (broad SMARTS) is 1. The fourth-order valence-electron chi connectivity index (χ4n) is 1.87. The van der Waals surface area contributed by atoms with Crippen molar-refractivity contribution in [2.45, 2.75) is 25.6 Å². The van der Waals surface area contributed by atoms with Gasteiger partial charge in [-0.3, -0.25) is 4.79 Å². The van der Waals surface area contributed by atoms with E-state index in [1.54, 1.807) is 29.6 Å². The molecule has 0 spiro atoms. The fraction of sp³-hybridized carbons (Fsp3) is 0.286. The summed E-state index contributed by atoms with van der Waals surface area (Å²) in [4.78, 5) is 22.8. The third-order valence-electron chi connectivity index (χ3n) is 2.92. The zero-order valence-electron chi connectivity index (χ0n) is 11.3. The van der Waals surface area contributed by atoms with Crippen molar-refractivity contribution in [2.24, 2.45) is 0 Å². The number of rotatable bonds is 8. The van der Waals surface area contributed by atoms with E-state index in [0.717, 1.165) is 0 Å². The Labute approximate surface area is 120 Å². The molecule has 0 aromatic carbocycles. The van der Waals surface area contributed by atoms with E-state index in [1.807, 2.05) is 0 Å². The largest absolute Gasteiger partial charge is 0.550 e. The summed E-state index contributed by atoms with van der Waals surface area (Å²) < 4.78 is 10.2. The molecule has 0 aliphatic carbocycles. The average molecular weight is 292 g/mol. The van der Waals surface area contributed by atoms with Crippen LogP contribution in [0, 0.1) is 0 Å². The van der Waals surface area contributed by atoms with Gasteiger partial charge in [-0.05, 0) is 24.3 Å². The molecule has 0 saturated carbocycles. The zero-order valence-corrected chi connectivity index (χ0v) is 11.3. The molecule has 3 N–H and O–H groups in total. The topological polar surface area (TPSA) is 112 Å². The van der Waals surface area contributed by atoms with Crippen molar-refractivity contribution in [1.82, 2.24) is 5.32 Å². The molecule has 0 unspecified atom stereocenters. The summed E-state index contributed by atoms with van der Waals surface area (Å²) in [5.41, 5.74) is 0. The van der Waals surface area contributed by atoms with Gasteiger partial charge in [0.15, 0.2) is 11.8 Å². The van der Waals surface area contributed by atoms with E-state index >= 15 is 0 Å². The van der Waals surface area contributed by atoms with Crippen molar-refractivity contribution in [3.63, 3.8) is 0 Å². The lowest BCUT2D eigenvalue weighted by Gasteiger charge is -2.15. The smallest absolute Gasteiger partial charge is 0.279 e. The van der Waals surface area contributed by atoms with E-state index in [2.05, 4.69) is 5.32 Å². The summed E-state index contributed by atoms with van der Waals surface area (Å²) in [6.45, 7) is 0.586. The van der Waals surface area contributed by atoms with E-state index in [-0.39, 0.29) is 18.9 Å².